The van der Waals surface area contributed by atoms with Gasteiger partial charge in [0.2, 0.25) is 0 Å². The molecule has 0 N–H and O–H groups in total. The van der Waals surface area contributed by atoms with Crippen molar-refractivity contribution in [3.8, 4) is 0 Å². The Hall–Kier alpha value is -0.0900. The van der Waals surface area contributed by atoms with Crippen LogP contribution in [-0.4, -0.2) is 29.8 Å². The highest BCUT2D eigenvalue weighted by molar-refractivity contribution is 7.20. The molecule has 2 atom stereocenters. The van der Waals surface area contributed by atoms with Crippen LogP contribution < -0.4 is 0 Å². The fraction of sp³-hybridized carbons (Fsp3) is 0.615. The first-order chi connectivity index (χ1) is 8.47. The number of piperidine rings is 1. The topological polar surface area (TPSA) is 20.3 Å². The molecule has 1 aliphatic heterocycles. The fourth-order valence-electron chi connectivity index (χ4n) is 2.40. The second-order valence-corrected chi connectivity index (χ2v) is 7.41. The Morgan fingerprint density at radius 3 is 2.78 bits per heavy atom. The van der Waals surface area contributed by atoms with Crippen LogP contribution in [0.1, 0.15) is 37.0 Å². The second kappa shape index (κ2) is 5.91. The lowest BCUT2D eigenvalue weighted by Crippen LogP contribution is -2.43. The van der Waals surface area contributed by atoms with E-state index in [1.165, 1.54) is 17.8 Å². The molecule has 2 heterocycles. The van der Waals surface area contributed by atoms with Gasteiger partial charge in [0.15, 0.2) is 5.78 Å². The van der Waals surface area contributed by atoms with Gasteiger partial charge in [-0.1, -0.05) is 30.1 Å². The van der Waals surface area contributed by atoms with Crippen LogP contribution in [0.5, 0.6) is 0 Å². The lowest BCUT2D eigenvalue weighted by molar-refractivity contribution is 0.0806. The average Bonchev–Trinajstić information content (AvgIpc) is 2.63. The molecule has 1 aromatic heterocycles. The number of hydrogen-bond donors (Lipinski definition) is 0. The normalized spacial score (nSPS) is 25.3. The molecule has 1 aromatic rings. The summed E-state index contributed by atoms with van der Waals surface area (Å²) < 4.78 is 1.08. The zero-order valence-electron chi connectivity index (χ0n) is 10.6. The van der Waals surface area contributed by atoms with Gasteiger partial charge >= 0.3 is 0 Å². The van der Waals surface area contributed by atoms with E-state index in [0.717, 1.165) is 13.0 Å². The van der Waals surface area contributed by atoms with Gasteiger partial charge < -0.3 is 0 Å². The zero-order valence-corrected chi connectivity index (χ0v) is 12.9. The maximum absolute atomic E-state index is 12.2. The Kier molecular flexibility index (Phi) is 4.70. The molecule has 1 saturated heterocycles. The molecule has 2 nitrogen and oxygen atoms in total. The number of likely N-dealkylation sites (tertiary alicyclic amines) is 1. The number of hydrogen-bond acceptors (Lipinski definition) is 3. The number of nitrogens with zero attached hydrogens (tertiary/aromatic N) is 1. The number of ketones is 1. The third kappa shape index (κ3) is 3.27. The van der Waals surface area contributed by atoms with Crippen molar-refractivity contribution < 1.29 is 4.79 Å². The summed E-state index contributed by atoms with van der Waals surface area (Å²) in [5.41, 5.74) is 0.567. The van der Waals surface area contributed by atoms with Crippen LogP contribution in [0, 0.1) is 5.92 Å². The van der Waals surface area contributed by atoms with Crippen LogP contribution >= 0.6 is 34.5 Å². The molecule has 1 fully saturated rings. The SMILES string of the molecule is CC1CCC(C)N(CC(=O)c2cc(Cl)sc2Cl)C1. The summed E-state index contributed by atoms with van der Waals surface area (Å²) in [7, 11) is 0. The standard InChI is InChI=1S/C13H17Cl2NOS/c1-8-3-4-9(2)16(6-8)7-11(17)10-5-12(14)18-13(10)15/h5,8-9H,3-4,6-7H2,1-2H3. The summed E-state index contributed by atoms with van der Waals surface area (Å²) in [6, 6.07) is 2.15. The van der Waals surface area contributed by atoms with Crippen molar-refractivity contribution in [2.24, 2.45) is 5.92 Å². The summed E-state index contributed by atoms with van der Waals surface area (Å²) in [5, 5.41) is 0. The maximum atomic E-state index is 12.2. The van der Waals surface area contributed by atoms with E-state index >= 15 is 0 Å². The third-order valence-electron chi connectivity index (χ3n) is 3.55. The van der Waals surface area contributed by atoms with Crippen LogP contribution in [0.2, 0.25) is 8.67 Å². The van der Waals surface area contributed by atoms with Crippen LogP contribution in [-0.2, 0) is 0 Å². The predicted molar refractivity (Wildman–Crippen MR) is 78.1 cm³/mol. The number of Topliss-reactive ketones (excluding diaryl/α,β-unsaturated/α-hetero) is 1. The summed E-state index contributed by atoms with van der Waals surface area (Å²) in [6.07, 6.45) is 2.41. The molecule has 0 bridgehead atoms. The first kappa shape index (κ1) is 14.3. The molecule has 0 radical (unpaired) electrons. The zero-order chi connectivity index (χ0) is 13.3. The molecule has 0 aliphatic carbocycles. The van der Waals surface area contributed by atoms with Crippen molar-refractivity contribution >= 4 is 40.3 Å². The van der Waals surface area contributed by atoms with E-state index in [1.54, 1.807) is 6.07 Å². The minimum atomic E-state index is 0.0732. The molecule has 2 unspecified atom stereocenters. The summed E-state index contributed by atoms with van der Waals surface area (Å²) >= 11 is 13.1. The number of halogens is 2. The lowest BCUT2D eigenvalue weighted by atomic mass is 9.94. The molecule has 5 heteroatoms. The number of thiophene rings is 1. The smallest absolute Gasteiger partial charge is 0.179 e. The molecule has 0 amide bonds. The third-order valence-corrected chi connectivity index (χ3v) is 5.04. The Labute approximate surface area is 122 Å². The van der Waals surface area contributed by atoms with Crippen LogP contribution in [0.15, 0.2) is 6.07 Å². The predicted octanol–water partition coefficient (Wildman–Crippen LogP) is 4.36. The molecule has 0 aromatic carbocycles. The molecule has 0 spiro atoms. The highest BCUT2D eigenvalue weighted by atomic mass is 35.5. The van der Waals surface area contributed by atoms with Gasteiger partial charge in [0.05, 0.1) is 16.4 Å². The van der Waals surface area contributed by atoms with Gasteiger partial charge in [-0.05, 0) is 31.7 Å². The molecule has 18 heavy (non-hydrogen) atoms. The summed E-state index contributed by atoms with van der Waals surface area (Å²) in [5.74, 6) is 0.736. The highest BCUT2D eigenvalue weighted by Crippen LogP contribution is 2.32. The molecular weight excluding hydrogens is 289 g/mol. The largest absolute Gasteiger partial charge is 0.293 e. The van der Waals surface area contributed by atoms with Crippen molar-refractivity contribution in [1.29, 1.82) is 0 Å². The van der Waals surface area contributed by atoms with E-state index in [4.69, 9.17) is 23.2 Å². The first-order valence-corrected chi connectivity index (χ1v) is 7.76. The van der Waals surface area contributed by atoms with Crippen molar-refractivity contribution in [2.75, 3.05) is 13.1 Å². The van der Waals surface area contributed by atoms with E-state index in [0.29, 0.717) is 32.7 Å². The molecule has 0 saturated carbocycles. The average molecular weight is 306 g/mol. The number of carbonyl (C=O) groups excluding carboxylic acids is 1. The van der Waals surface area contributed by atoms with Gasteiger partial charge in [0.1, 0.15) is 4.34 Å². The minimum absolute atomic E-state index is 0.0732. The minimum Gasteiger partial charge on any atom is -0.293 e. The Bertz CT molecular complexity index is 446. The molecule has 1 aliphatic rings. The van der Waals surface area contributed by atoms with Crippen LogP contribution in [0.3, 0.4) is 0 Å². The molecule has 100 valence electrons. The lowest BCUT2D eigenvalue weighted by Gasteiger charge is -2.36. The molecular formula is C13H17Cl2NOS. The van der Waals surface area contributed by atoms with E-state index in [-0.39, 0.29) is 5.78 Å². The summed E-state index contributed by atoms with van der Waals surface area (Å²) in [6.45, 7) is 5.85. The summed E-state index contributed by atoms with van der Waals surface area (Å²) in [4.78, 5) is 14.5. The van der Waals surface area contributed by atoms with Gasteiger partial charge in [0.25, 0.3) is 0 Å². The van der Waals surface area contributed by atoms with Crippen LogP contribution in [0.4, 0.5) is 0 Å². The molecule has 2 rings (SSSR count). The Balaban J connectivity index is 2.04. The van der Waals surface area contributed by atoms with Crippen molar-refractivity contribution in [2.45, 2.75) is 32.7 Å². The fourth-order valence-corrected chi connectivity index (χ4v) is 3.90. The quantitative estimate of drug-likeness (QED) is 0.773. The van der Waals surface area contributed by atoms with Gasteiger partial charge in [-0.15, -0.1) is 11.3 Å². The number of carbonyl (C=O) groups is 1. The maximum Gasteiger partial charge on any atom is 0.179 e. The van der Waals surface area contributed by atoms with E-state index in [2.05, 4.69) is 18.7 Å². The first-order valence-electron chi connectivity index (χ1n) is 6.19. The van der Waals surface area contributed by atoms with Crippen molar-refractivity contribution in [3.63, 3.8) is 0 Å². The van der Waals surface area contributed by atoms with Crippen LogP contribution in [0.25, 0.3) is 0 Å². The van der Waals surface area contributed by atoms with Crippen molar-refractivity contribution in [1.82, 2.24) is 4.90 Å². The van der Waals surface area contributed by atoms with Crippen molar-refractivity contribution in [3.05, 3.63) is 20.3 Å². The van der Waals surface area contributed by atoms with Gasteiger partial charge in [-0.3, -0.25) is 9.69 Å². The van der Waals surface area contributed by atoms with E-state index in [9.17, 15) is 4.79 Å². The van der Waals surface area contributed by atoms with Gasteiger partial charge in [-0.2, -0.15) is 0 Å². The Morgan fingerprint density at radius 2 is 2.17 bits per heavy atom. The van der Waals surface area contributed by atoms with E-state index < -0.39 is 0 Å². The van der Waals surface area contributed by atoms with Gasteiger partial charge in [-0.25, -0.2) is 0 Å². The second-order valence-electron chi connectivity index (χ2n) is 5.12. The highest BCUT2D eigenvalue weighted by Gasteiger charge is 2.26. The van der Waals surface area contributed by atoms with E-state index in [1.807, 2.05) is 0 Å². The number of rotatable bonds is 3. The Morgan fingerprint density at radius 1 is 1.44 bits per heavy atom. The van der Waals surface area contributed by atoms with Gasteiger partial charge in [0, 0.05) is 12.6 Å². The monoisotopic (exact) mass is 305 g/mol.